The fourth-order valence-corrected chi connectivity index (χ4v) is 2.01. The van der Waals surface area contributed by atoms with Gasteiger partial charge in [0.15, 0.2) is 0 Å². The molecule has 2 rings (SSSR count). The monoisotopic (exact) mass is 314 g/mol. The minimum Gasteiger partial charge on any atom is -0.478 e. The number of hydrogen-bond acceptors (Lipinski definition) is 2. The van der Waals surface area contributed by atoms with E-state index in [1.165, 1.54) is 19.1 Å². The summed E-state index contributed by atoms with van der Waals surface area (Å²) in [6.45, 7) is 1.53. The molecule has 0 aromatic heterocycles. The molecule has 0 unspecified atom stereocenters. The zero-order valence-electron chi connectivity index (χ0n) is 11.2. The Kier molecular flexibility index (Phi) is 4.07. The SMILES string of the molecule is Cc1cc(F)c(C(=O)O)cc1-c1cccc(OC(F)(F)F)c1. The largest absolute Gasteiger partial charge is 0.573 e. The van der Waals surface area contributed by atoms with Crippen LogP contribution in [-0.2, 0) is 0 Å². The number of carboxylic acids is 1. The van der Waals surface area contributed by atoms with Crippen molar-refractivity contribution in [1.29, 1.82) is 0 Å². The number of alkyl halides is 3. The molecule has 0 bridgehead atoms. The van der Waals surface area contributed by atoms with Crippen molar-refractivity contribution in [2.45, 2.75) is 13.3 Å². The summed E-state index contributed by atoms with van der Waals surface area (Å²) in [5.41, 5.74) is 0.447. The maximum Gasteiger partial charge on any atom is 0.573 e. The molecule has 22 heavy (non-hydrogen) atoms. The first-order chi connectivity index (χ1) is 10.2. The van der Waals surface area contributed by atoms with Gasteiger partial charge in [0.05, 0.1) is 5.56 Å². The number of halogens is 4. The van der Waals surface area contributed by atoms with Crippen LogP contribution >= 0.6 is 0 Å². The molecule has 2 aromatic carbocycles. The first-order valence-corrected chi connectivity index (χ1v) is 6.07. The molecule has 0 saturated carbocycles. The highest BCUT2D eigenvalue weighted by molar-refractivity contribution is 5.90. The van der Waals surface area contributed by atoms with Gasteiger partial charge in [0.25, 0.3) is 0 Å². The Morgan fingerprint density at radius 3 is 2.45 bits per heavy atom. The lowest BCUT2D eigenvalue weighted by molar-refractivity contribution is -0.274. The van der Waals surface area contributed by atoms with Gasteiger partial charge in [-0.1, -0.05) is 12.1 Å². The Morgan fingerprint density at radius 1 is 1.18 bits per heavy atom. The topological polar surface area (TPSA) is 46.5 Å². The van der Waals surface area contributed by atoms with E-state index in [0.717, 1.165) is 24.3 Å². The molecule has 0 aliphatic heterocycles. The summed E-state index contributed by atoms with van der Waals surface area (Å²) >= 11 is 0. The maximum atomic E-state index is 13.5. The van der Waals surface area contributed by atoms with Crippen LogP contribution < -0.4 is 4.74 Å². The summed E-state index contributed by atoms with van der Waals surface area (Å²) < 4.78 is 54.0. The smallest absolute Gasteiger partial charge is 0.478 e. The Bertz CT molecular complexity index is 723. The minimum atomic E-state index is -4.83. The highest BCUT2D eigenvalue weighted by Crippen LogP contribution is 2.31. The zero-order chi connectivity index (χ0) is 16.5. The average Bonchev–Trinajstić information content (AvgIpc) is 2.36. The molecule has 0 atom stereocenters. The van der Waals surface area contributed by atoms with E-state index >= 15 is 0 Å². The van der Waals surface area contributed by atoms with Crippen molar-refractivity contribution in [3.8, 4) is 16.9 Å². The van der Waals surface area contributed by atoms with E-state index in [9.17, 15) is 22.4 Å². The second-order valence-corrected chi connectivity index (χ2v) is 4.53. The molecule has 0 aliphatic carbocycles. The lowest BCUT2D eigenvalue weighted by atomic mass is 9.97. The van der Waals surface area contributed by atoms with Gasteiger partial charge in [-0.05, 0) is 47.9 Å². The van der Waals surface area contributed by atoms with E-state index in [-0.39, 0.29) is 0 Å². The fraction of sp³-hybridized carbons (Fsp3) is 0.133. The molecule has 116 valence electrons. The van der Waals surface area contributed by atoms with Gasteiger partial charge in [0.2, 0.25) is 0 Å². The van der Waals surface area contributed by atoms with Gasteiger partial charge in [-0.25, -0.2) is 9.18 Å². The molecule has 3 nitrogen and oxygen atoms in total. The predicted molar refractivity (Wildman–Crippen MR) is 70.2 cm³/mol. The van der Waals surface area contributed by atoms with E-state index in [0.29, 0.717) is 16.7 Å². The predicted octanol–water partition coefficient (Wildman–Crippen LogP) is 4.40. The van der Waals surface area contributed by atoms with Gasteiger partial charge in [-0.3, -0.25) is 0 Å². The normalized spacial score (nSPS) is 11.3. The number of carboxylic acid groups (broad SMARTS) is 1. The molecule has 0 aliphatic rings. The second-order valence-electron chi connectivity index (χ2n) is 4.53. The third-order valence-electron chi connectivity index (χ3n) is 2.92. The fourth-order valence-electron chi connectivity index (χ4n) is 2.01. The van der Waals surface area contributed by atoms with Crippen molar-refractivity contribution in [3.63, 3.8) is 0 Å². The Labute approximate surface area is 122 Å². The van der Waals surface area contributed by atoms with E-state index in [1.54, 1.807) is 0 Å². The van der Waals surface area contributed by atoms with Gasteiger partial charge < -0.3 is 9.84 Å². The van der Waals surface area contributed by atoms with Crippen LogP contribution in [0.25, 0.3) is 11.1 Å². The Hall–Kier alpha value is -2.57. The van der Waals surface area contributed by atoms with Crippen LogP contribution in [0.2, 0.25) is 0 Å². The van der Waals surface area contributed by atoms with Crippen molar-refractivity contribution in [1.82, 2.24) is 0 Å². The summed E-state index contributed by atoms with van der Waals surface area (Å²) in [6, 6.07) is 7.15. The van der Waals surface area contributed by atoms with Crippen LogP contribution in [0.1, 0.15) is 15.9 Å². The number of ether oxygens (including phenoxy) is 1. The zero-order valence-corrected chi connectivity index (χ0v) is 11.2. The van der Waals surface area contributed by atoms with Crippen molar-refractivity contribution in [2.24, 2.45) is 0 Å². The summed E-state index contributed by atoms with van der Waals surface area (Å²) in [6.07, 6.45) is -4.83. The van der Waals surface area contributed by atoms with E-state index in [1.807, 2.05) is 0 Å². The third-order valence-corrected chi connectivity index (χ3v) is 2.92. The van der Waals surface area contributed by atoms with E-state index in [4.69, 9.17) is 5.11 Å². The van der Waals surface area contributed by atoms with Gasteiger partial charge in [-0.2, -0.15) is 0 Å². The summed E-state index contributed by atoms with van der Waals surface area (Å²) in [7, 11) is 0. The average molecular weight is 314 g/mol. The van der Waals surface area contributed by atoms with E-state index < -0.39 is 29.5 Å². The highest BCUT2D eigenvalue weighted by atomic mass is 19.4. The number of hydrogen-bond donors (Lipinski definition) is 1. The van der Waals surface area contributed by atoms with Crippen LogP contribution in [0.15, 0.2) is 36.4 Å². The second kappa shape index (κ2) is 5.67. The molecule has 0 radical (unpaired) electrons. The quantitative estimate of drug-likeness (QED) is 0.854. The van der Waals surface area contributed by atoms with Crippen molar-refractivity contribution in [2.75, 3.05) is 0 Å². The lowest BCUT2D eigenvalue weighted by Gasteiger charge is -2.12. The first-order valence-electron chi connectivity index (χ1n) is 6.07. The summed E-state index contributed by atoms with van der Waals surface area (Å²) in [5, 5.41) is 8.92. The molecule has 1 N–H and O–H groups in total. The van der Waals surface area contributed by atoms with Crippen LogP contribution in [-0.4, -0.2) is 17.4 Å². The summed E-state index contributed by atoms with van der Waals surface area (Å²) in [5.74, 6) is -2.80. The van der Waals surface area contributed by atoms with Crippen LogP contribution in [0.5, 0.6) is 5.75 Å². The van der Waals surface area contributed by atoms with Crippen molar-refractivity contribution >= 4 is 5.97 Å². The molecule has 2 aromatic rings. The molecule has 0 heterocycles. The highest BCUT2D eigenvalue weighted by Gasteiger charge is 2.31. The first kappa shape index (κ1) is 15.8. The Balaban J connectivity index is 2.50. The van der Waals surface area contributed by atoms with Crippen molar-refractivity contribution < 1.29 is 32.2 Å². The van der Waals surface area contributed by atoms with Gasteiger partial charge in [0, 0.05) is 0 Å². The molecular weight excluding hydrogens is 304 g/mol. The van der Waals surface area contributed by atoms with E-state index in [2.05, 4.69) is 4.74 Å². The molecular formula is C15H10F4O3. The van der Waals surface area contributed by atoms with Gasteiger partial charge in [0.1, 0.15) is 11.6 Å². The molecule has 0 fully saturated rings. The molecule has 0 saturated heterocycles. The number of benzene rings is 2. The van der Waals surface area contributed by atoms with Gasteiger partial charge >= 0.3 is 12.3 Å². The number of rotatable bonds is 3. The van der Waals surface area contributed by atoms with Crippen LogP contribution in [0, 0.1) is 12.7 Å². The molecule has 0 spiro atoms. The molecule has 0 amide bonds. The maximum absolute atomic E-state index is 13.5. The van der Waals surface area contributed by atoms with Crippen molar-refractivity contribution in [3.05, 3.63) is 53.3 Å². The van der Waals surface area contributed by atoms with Crippen LogP contribution in [0.3, 0.4) is 0 Å². The lowest BCUT2D eigenvalue weighted by Crippen LogP contribution is -2.17. The minimum absolute atomic E-state index is 0.293. The molecule has 7 heteroatoms. The number of carbonyl (C=O) groups is 1. The number of aryl methyl sites for hydroxylation is 1. The van der Waals surface area contributed by atoms with Crippen LogP contribution in [0.4, 0.5) is 17.6 Å². The van der Waals surface area contributed by atoms with Gasteiger partial charge in [-0.15, -0.1) is 13.2 Å². The summed E-state index contributed by atoms with van der Waals surface area (Å²) in [4.78, 5) is 11.0. The number of aromatic carboxylic acids is 1. The third kappa shape index (κ3) is 3.55. The Morgan fingerprint density at radius 2 is 1.86 bits per heavy atom. The standard InChI is InChI=1S/C15H10F4O3/c1-8-5-13(16)12(14(20)21)7-11(8)9-3-2-4-10(6-9)22-15(17,18)19/h2-7H,1H3,(H,20,21).